The molecule has 1 amide bonds. The minimum atomic E-state index is -0.190. The van der Waals surface area contributed by atoms with Gasteiger partial charge in [0, 0.05) is 15.4 Å². The van der Waals surface area contributed by atoms with E-state index in [-0.39, 0.29) is 5.91 Å². The van der Waals surface area contributed by atoms with Crippen LogP contribution < -0.4 is 5.32 Å². The van der Waals surface area contributed by atoms with Crippen molar-refractivity contribution in [2.75, 3.05) is 5.32 Å². The summed E-state index contributed by atoms with van der Waals surface area (Å²) >= 11 is 1.55. The number of anilines is 1. The summed E-state index contributed by atoms with van der Waals surface area (Å²) < 4.78 is 0. The number of hydrogen-bond donors (Lipinski definition) is 1. The van der Waals surface area contributed by atoms with E-state index in [9.17, 15) is 4.79 Å². The molecule has 0 aliphatic rings. The smallest absolute Gasteiger partial charge is 0.255 e. The van der Waals surface area contributed by atoms with Crippen LogP contribution in [-0.4, -0.2) is 5.91 Å². The third kappa shape index (κ3) is 4.28. The number of nitrogens with one attached hydrogen (secondary N) is 1. The number of hydrogen-bond acceptors (Lipinski definition) is 3. The zero-order chi connectivity index (χ0) is 17.6. The Balaban J connectivity index is 1.89. The molecule has 4 heteroatoms. The monoisotopic (exact) mass is 344 g/mol. The molecule has 0 aliphatic carbocycles. The molecule has 0 atom stereocenters. The maximum Gasteiger partial charge on any atom is 0.255 e. The average Bonchev–Trinajstić information content (AvgIpc) is 2.64. The first-order valence-corrected chi connectivity index (χ1v) is 8.62. The molecular formula is C21H16N2OS. The normalized spacial score (nSPS) is 10.1. The first-order valence-electron chi connectivity index (χ1n) is 7.81. The molecule has 3 aromatic rings. The van der Waals surface area contributed by atoms with E-state index in [2.05, 4.69) is 11.4 Å². The Bertz CT molecular complexity index is 928. The van der Waals surface area contributed by atoms with Gasteiger partial charge in [0.25, 0.3) is 5.91 Å². The van der Waals surface area contributed by atoms with Crippen molar-refractivity contribution in [2.24, 2.45) is 0 Å². The summed E-state index contributed by atoms with van der Waals surface area (Å²) in [4.78, 5) is 14.5. The van der Waals surface area contributed by atoms with Crippen LogP contribution in [0.25, 0.3) is 0 Å². The molecule has 1 N–H and O–H groups in total. The lowest BCUT2D eigenvalue weighted by Crippen LogP contribution is -2.12. The van der Waals surface area contributed by atoms with Crippen LogP contribution in [0.3, 0.4) is 0 Å². The van der Waals surface area contributed by atoms with Crippen LogP contribution in [0.4, 0.5) is 5.69 Å². The van der Waals surface area contributed by atoms with E-state index in [0.717, 1.165) is 15.4 Å². The van der Waals surface area contributed by atoms with Crippen molar-refractivity contribution in [3.05, 3.63) is 89.5 Å². The molecule has 0 aromatic heterocycles. The topological polar surface area (TPSA) is 52.9 Å². The van der Waals surface area contributed by atoms with Crippen LogP contribution in [0, 0.1) is 18.3 Å². The highest BCUT2D eigenvalue weighted by molar-refractivity contribution is 7.99. The minimum absolute atomic E-state index is 0.190. The minimum Gasteiger partial charge on any atom is -0.321 e. The van der Waals surface area contributed by atoms with Gasteiger partial charge in [0.05, 0.1) is 17.3 Å². The molecule has 122 valence electrons. The Hall–Kier alpha value is -3.03. The predicted octanol–water partition coefficient (Wildman–Crippen LogP) is 5.27. The van der Waals surface area contributed by atoms with Crippen molar-refractivity contribution in [3.63, 3.8) is 0 Å². The van der Waals surface area contributed by atoms with Gasteiger partial charge in [-0.25, -0.2) is 0 Å². The number of amides is 1. The van der Waals surface area contributed by atoms with Crippen molar-refractivity contribution in [2.45, 2.75) is 16.7 Å². The number of benzene rings is 3. The van der Waals surface area contributed by atoms with E-state index >= 15 is 0 Å². The fourth-order valence-corrected chi connectivity index (χ4v) is 3.20. The number of nitriles is 1. The van der Waals surface area contributed by atoms with Crippen molar-refractivity contribution in [1.82, 2.24) is 0 Å². The highest BCUT2D eigenvalue weighted by Crippen LogP contribution is 2.34. The summed E-state index contributed by atoms with van der Waals surface area (Å²) in [6.07, 6.45) is 0. The Morgan fingerprint density at radius 1 is 1.00 bits per heavy atom. The van der Waals surface area contributed by atoms with Gasteiger partial charge >= 0.3 is 0 Å². The van der Waals surface area contributed by atoms with E-state index in [1.54, 1.807) is 36.0 Å². The van der Waals surface area contributed by atoms with Gasteiger partial charge in [0.2, 0.25) is 0 Å². The van der Waals surface area contributed by atoms with Gasteiger partial charge < -0.3 is 5.32 Å². The molecule has 0 bridgehead atoms. The van der Waals surface area contributed by atoms with Crippen LogP contribution in [0.15, 0.2) is 82.6 Å². The average molecular weight is 344 g/mol. The first-order chi connectivity index (χ1) is 12.2. The Kier molecular flexibility index (Phi) is 5.17. The Morgan fingerprint density at radius 3 is 2.40 bits per heavy atom. The number of rotatable bonds is 4. The van der Waals surface area contributed by atoms with Crippen LogP contribution in [0.1, 0.15) is 21.5 Å². The van der Waals surface area contributed by atoms with Crippen LogP contribution in [-0.2, 0) is 0 Å². The molecule has 3 rings (SSSR count). The fourth-order valence-electron chi connectivity index (χ4n) is 2.30. The molecule has 0 aliphatic heterocycles. The maximum absolute atomic E-state index is 12.5. The molecule has 3 nitrogen and oxygen atoms in total. The zero-order valence-electron chi connectivity index (χ0n) is 13.7. The summed E-state index contributed by atoms with van der Waals surface area (Å²) in [5.74, 6) is -0.190. The summed E-state index contributed by atoms with van der Waals surface area (Å²) in [5, 5.41) is 12.1. The fraction of sp³-hybridized carbons (Fsp3) is 0.0476. The van der Waals surface area contributed by atoms with Gasteiger partial charge in [-0.1, -0.05) is 47.7 Å². The summed E-state index contributed by atoms with van der Waals surface area (Å²) in [5.41, 5.74) is 2.84. The lowest BCUT2D eigenvalue weighted by molar-refractivity contribution is 0.102. The first kappa shape index (κ1) is 16.8. The van der Waals surface area contributed by atoms with Crippen LogP contribution >= 0.6 is 11.8 Å². The molecule has 0 unspecified atom stereocenters. The zero-order valence-corrected chi connectivity index (χ0v) is 14.5. The Labute approximate surface area is 151 Å². The summed E-state index contributed by atoms with van der Waals surface area (Å²) in [6, 6.07) is 24.8. The third-order valence-electron chi connectivity index (χ3n) is 3.64. The van der Waals surface area contributed by atoms with E-state index in [1.165, 1.54) is 0 Å². The number of nitrogens with zero attached hydrogens (tertiary/aromatic N) is 1. The van der Waals surface area contributed by atoms with Gasteiger partial charge in [-0.15, -0.1) is 0 Å². The quantitative estimate of drug-likeness (QED) is 0.701. The summed E-state index contributed by atoms with van der Waals surface area (Å²) in [7, 11) is 0. The van der Waals surface area contributed by atoms with E-state index in [4.69, 9.17) is 5.26 Å². The van der Waals surface area contributed by atoms with Gasteiger partial charge in [-0.2, -0.15) is 5.26 Å². The second kappa shape index (κ2) is 7.69. The molecule has 0 heterocycles. The van der Waals surface area contributed by atoms with Crippen molar-refractivity contribution >= 4 is 23.4 Å². The van der Waals surface area contributed by atoms with Gasteiger partial charge in [0.15, 0.2) is 0 Å². The van der Waals surface area contributed by atoms with Gasteiger partial charge in [0.1, 0.15) is 0 Å². The number of carbonyl (C=O) groups is 1. The molecule has 0 saturated heterocycles. The predicted molar refractivity (Wildman–Crippen MR) is 101 cm³/mol. The molecule has 0 radical (unpaired) electrons. The lowest BCUT2D eigenvalue weighted by Gasteiger charge is -2.11. The lowest BCUT2D eigenvalue weighted by atomic mass is 10.1. The SMILES string of the molecule is Cc1ccc(C(=O)Nc2cc(C#N)ccc2Sc2ccccc2)cc1. The van der Waals surface area contributed by atoms with Crippen molar-refractivity contribution in [3.8, 4) is 6.07 Å². The van der Waals surface area contributed by atoms with Crippen molar-refractivity contribution in [1.29, 1.82) is 5.26 Å². The molecule has 0 saturated carbocycles. The standard InChI is InChI=1S/C21H16N2OS/c1-15-7-10-17(11-8-15)21(24)23-19-13-16(14-22)9-12-20(19)25-18-5-3-2-4-6-18/h2-13H,1H3,(H,23,24). The van der Waals surface area contributed by atoms with E-state index < -0.39 is 0 Å². The third-order valence-corrected chi connectivity index (χ3v) is 4.73. The Morgan fingerprint density at radius 2 is 1.72 bits per heavy atom. The molecule has 0 fully saturated rings. The second-order valence-corrected chi connectivity index (χ2v) is 6.67. The maximum atomic E-state index is 12.5. The molecule has 3 aromatic carbocycles. The largest absolute Gasteiger partial charge is 0.321 e. The van der Waals surface area contributed by atoms with Gasteiger partial charge in [-0.05, 0) is 49.4 Å². The molecular weight excluding hydrogens is 328 g/mol. The highest BCUT2D eigenvalue weighted by Gasteiger charge is 2.11. The molecule has 0 spiro atoms. The van der Waals surface area contributed by atoms with Crippen LogP contribution in [0.5, 0.6) is 0 Å². The summed E-state index contributed by atoms with van der Waals surface area (Å²) in [6.45, 7) is 1.98. The number of aryl methyl sites for hydroxylation is 1. The van der Waals surface area contributed by atoms with E-state index in [0.29, 0.717) is 16.8 Å². The van der Waals surface area contributed by atoms with E-state index in [1.807, 2.05) is 55.5 Å². The number of carbonyl (C=O) groups excluding carboxylic acids is 1. The van der Waals surface area contributed by atoms with Gasteiger partial charge in [-0.3, -0.25) is 4.79 Å². The van der Waals surface area contributed by atoms with Crippen molar-refractivity contribution < 1.29 is 4.79 Å². The van der Waals surface area contributed by atoms with Crippen LogP contribution in [0.2, 0.25) is 0 Å². The second-order valence-electron chi connectivity index (χ2n) is 5.56. The highest BCUT2D eigenvalue weighted by atomic mass is 32.2. The molecule has 25 heavy (non-hydrogen) atoms.